The maximum Gasteiger partial charge on any atom is 0.407 e. The van der Waals surface area contributed by atoms with Crippen LogP contribution in [0.15, 0.2) is 59.6 Å². The lowest BCUT2D eigenvalue weighted by Gasteiger charge is -2.23. The van der Waals surface area contributed by atoms with Gasteiger partial charge in [-0.2, -0.15) is 0 Å². The predicted molar refractivity (Wildman–Crippen MR) is 128 cm³/mol. The smallest absolute Gasteiger partial charge is 0.407 e. The molecular weight excluding hydrogens is 436 g/mol. The summed E-state index contributed by atoms with van der Waals surface area (Å²) in [5.41, 5.74) is 1.84. The highest BCUT2D eigenvalue weighted by molar-refractivity contribution is 6.20. The number of fused-ring (bicyclic) bond motifs is 1. The summed E-state index contributed by atoms with van der Waals surface area (Å²) >= 11 is 0. The van der Waals surface area contributed by atoms with E-state index in [0.29, 0.717) is 23.2 Å². The molecule has 3 amide bonds. The van der Waals surface area contributed by atoms with Crippen LogP contribution in [0.3, 0.4) is 0 Å². The molecule has 0 aromatic heterocycles. The fourth-order valence-electron chi connectivity index (χ4n) is 3.43. The van der Waals surface area contributed by atoms with Gasteiger partial charge in [0.2, 0.25) is 12.1 Å². The Morgan fingerprint density at radius 3 is 2.44 bits per heavy atom. The van der Waals surface area contributed by atoms with Gasteiger partial charge in [-0.25, -0.2) is 9.79 Å². The summed E-state index contributed by atoms with van der Waals surface area (Å²) in [4.78, 5) is 55.0. The average molecular weight is 465 g/mol. The number of carbonyl (C=O) groups excluding carboxylic acids is 4. The summed E-state index contributed by atoms with van der Waals surface area (Å²) in [5.74, 6) is -1.01. The number of nitrogens with one attached hydrogen (secondary N) is 2. The van der Waals surface area contributed by atoms with Crippen LogP contribution < -0.4 is 15.5 Å². The van der Waals surface area contributed by atoms with Crippen LogP contribution in [0.5, 0.6) is 0 Å². The van der Waals surface area contributed by atoms with E-state index in [9.17, 15) is 19.2 Å². The van der Waals surface area contributed by atoms with Crippen molar-refractivity contribution >= 4 is 35.6 Å². The molecule has 2 aromatic rings. The Hall–Kier alpha value is -4.01. The van der Waals surface area contributed by atoms with Crippen molar-refractivity contribution in [1.82, 2.24) is 10.6 Å². The number of hydrogen-bond donors (Lipinski definition) is 2. The third-order valence-corrected chi connectivity index (χ3v) is 4.83. The summed E-state index contributed by atoms with van der Waals surface area (Å²) in [6.45, 7) is 5.06. The van der Waals surface area contributed by atoms with Crippen molar-refractivity contribution in [2.24, 2.45) is 4.99 Å². The van der Waals surface area contributed by atoms with Gasteiger partial charge < -0.3 is 25.1 Å². The Labute approximate surface area is 198 Å². The molecule has 2 N–H and O–H groups in total. The number of amides is 3. The van der Waals surface area contributed by atoms with Gasteiger partial charge in [0.1, 0.15) is 11.9 Å². The predicted octanol–water partition coefficient (Wildman–Crippen LogP) is 2.43. The lowest BCUT2D eigenvalue weighted by Crippen LogP contribution is -2.48. The number of rotatable bonds is 7. The van der Waals surface area contributed by atoms with E-state index in [1.165, 1.54) is 4.90 Å². The summed E-state index contributed by atoms with van der Waals surface area (Å²) in [6.07, 6.45) is -1.33. The van der Waals surface area contributed by atoms with Crippen LogP contribution in [0.1, 0.15) is 38.3 Å². The Kier molecular flexibility index (Phi) is 7.78. The SMILES string of the molecule is CC(C)(C)OC(=O)NCCC(=O)NC1N=C(c2ccccc2)c2ccccc2N(CC=O)C1=O. The molecular formula is C25H28N4O5. The molecule has 2 aromatic carbocycles. The number of para-hydroxylation sites is 1. The molecule has 178 valence electrons. The van der Waals surface area contributed by atoms with E-state index in [0.717, 1.165) is 5.56 Å². The summed E-state index contributed by atoms with van der Waals surface area (Å²) in [7, 11) is 0. The molecule has 0 saturated carbocycles. The number of carbonyl (C=O) groups is 4. The van der Waals surface area contributed by atoms with E-state index in [1.54, 1.807) is 32.9 Å². The third kappa shape index (κ3) is 6.28. The highest BCUT2D eigenvalue weighted by Crippen LogP contribution is 2.27. The van der Waals surface area contributed by atoms with Crippen LogP contribution in [0.4, 0.5) is 10.5 Å². The zero-order valence-electron chi connectivity index (χ0n) is 19.4. The molecule has 0 aliphatic carbocycles. The summed E-state index contributed by atoms with van der Waals surface area (Å²) < 4.78 is 5.15. The Balaban J connectivity index is 1.83. The van der Waals surface area contributed by atoms with Gasteiger partial charge in [0.05, 0.1) is 17.9 Å². The minimum atomic E-state index is -1.24. The minimum absolute atomic E-state index is 0.0230. The van der Waals surface area contributed by atoms with Crippen molar-refractivity contribution in [3.05, 3.63) is 65.7 Å². The fourth-order valence-corrected chi connectivity index (χ4v) is 3.43. The number of ether oxygens (including phenoxy) is 1. The van der Waals surface area contributed by atoms with Crippen LogP contribution in [-0.2, 0) is 19.1 Å². The van der Waals surface area contributed by atoms with Crippen molar-refractivity contribution in [1.29, 1.82) is 0 Å². The standard InChI is InChI=1S/C25H28N4O5/c1-25(2,3)34-24(33)26-14-13-20(31)27-22-23(32)29(15-16-30)19-12-8-7-11-18(19)21(28-22)17-9-5-4-6-10-17/h4-12,16,22H,13-15H2,1-3H3,(H,26,33)(H,27,31). The van der Waals surface area contributed by atoms with Gasteiger partial charge in [0.25, 0.3) is 5.91 Å². The Morgan fingerprint density at radius 1 is 1.09 bits per heavy atom. The highest BCUT2D eigenvalue weighted by Gasteiger charge is 2.32. The van der Waals surface area contributed by atoms with Crippen molar-refractivity contribution in [3.63, 3.8) is 0 Å². The normalized spacial score (nSPS) is 15.5. The molecule has 0 saturated heterocycles. The molecule has 9 heteroatoms. The van der Waals surface area contributed by atoms with Gasteiger partial charge in [-0.3, -0.25) is 9.59 Å². The van der Waals surface area contributed by atoms with E-state index in [-0.39, 0.29) is 19.5 Å². The third-order valence-electron chi connectivity index (χ3n) is 4.83. The van der Waals surface area contributed by atoms with E-state index >= 15 is 0 Å². The number of aldehydes is 1. The summed E-state index contributed by atoms with van der Waals surface area (Å²) in [6, 6.07) is 16.4. The van der Waals surface area contributed by atoms with Gasteiger partial charge in [-0.05, 0) is 26.8 Å². The van der Waals surface area contributed by atoms with Gasteiger partial charge in [-0.1, -0.05) is 48.5 Å². The highest BCUT2D eigenvalue weighted by atomic mass is 16.6. The molecule has 0 fully saturated rings. The van der Waals surface area contributed by atoms with Crippen molar-refractivity contribution in [2.45, 2.75) is 39.0 Å². The van der Waals surface area contributed by atoms with Gasteiger partial charge in [-0.15, -0.1) is 0 Å². The second-order valence-corrected chi connectivity index (χ2v) is 8.63. The Bertz CT molecular complexity index is 1090. The second kappa shape index (κ2) is 10.7. The van der Waals surface area contributed by atoms with E-state index in [2.05, 4.69) is 15.6 Å². The number of anilines is 1. The molecule has 1 atom stereocenters. The van der Waals surface area contributed by atoms with E-state index in [1.807, 2.05) is 42.5 Å². The molecule has 3 rings (SSSR count). The molecule has 1 unspecified atom stereocenters. The molecule has 1 aliphatic heterocycles. The maximum absolute atomic E-state index is 13.3. The first kappa shape index (κ1) is 24.6. The zero-order valence-corrected chi connectivity index (χ0v) is 19.4. The minimum Gasteiger partial charge on any atom is -0.444 e. The largest absolute Gasteiger partial charge is 0.444 e. The number of benzene rings is 2. The van der Waals surface area contributed by atoms with Crippen LogP contribution in [0.25, 0.3) is 0 Å². The molecule has 0 bridgehead atoms. The topological polar surface area (TPSA) is 117 Å². The van der Waals surface area contributed by atoms with E-state index < -0.39 is 29.7 Å². The van der Waals surface area contributed by atoms with Crippen LogP contribution in [0.2, 0.25) is 0 Å². The number of benzodiazepines with no additional fused rings is 1. The van der Waals surface area contributed by atoms with Crippen LogP contribution in [0, 0.1) is 0 Å². The number of hydrogen-bond acceptors (Lipinski definition) is 6. The Morgan fingerprint density at radius 2 is 1.76 bits per heavy atom. The lowest BCUT2D eigenvalue weighted by molar-refractivity contribution is -0.127. The molecule has 9 nitrogen and oxygen atoms in total. The first-order valence-electron chi connectivity index (χ1n) is 10.9. The van der Waals surface area contributed by atoms with Crippen molar-refractivity contribution in [3.8, 4) is 0 Å². The summed E-state index contributed by atoms with van der Waals surface area (Å²) in [5, 5.41) is 5.14. The zero-order chi connectivity index (χ0) is 24.7. The molecule has 34 heavy (non-hydrogen) atoms. The second-order valence-electron chi connectivity index (χ2n) is 8.63. The first-order chi connectivity index (χ1) is 16.2. The van der Waals surface area contributed by atoms with Gasteiger partial charge >= 0.3 is 6.09 Å². The quantitative estimate of drug-likeness (QED) is 0.611. The van der Waals surface area contributed by atoms with E-state index in [4.69, 9.17) is 4.74 Å². The maximum atomic E-state index is 13.3. The average Bonchev–Trinajstić information content (AvgIpc) is 2.89. The molecule has 0 spiro atoms. The van der Waals surface area contributed by atoms with Crippen molar-refractivity contribution in [2.75, 3.05) is 18.0 Å². The van der Waals surface area contributed by atoms with Gasteiger partial charge in [0.15, 0.2) is 0 Å². The van der Waals surface area contributed by atoms with Crippen LogP contribution >= 0.6 is 0 Å². The fraction of sp³-hybridized carbons (Fsp3) is 0.320. The number of nitrogens with zero attached hydrogens (tertiary/aromatic N) is 2. The molecule has 1 heterocycles. The molecule has 1 aliphatic rings. The monoisotopic (exact) mass is 464 g/mol. The first-order valence-corrected chi connectivity index (χ1v) is 10.9. The van der Waals surface area contributed by atoms with Crippen LogP contribution in [-0.4, -0.2) is 54.8 Å². The van der Waals surface area contributed by atoms with Crippen molar-refractivity contribution < 1.29 is 23.9 Å². The lowest BCUT2D eigenvalue weighted by atomic mass is 10.0. The number of aliphatic imine (C=N–C) groups is 1. The van der Waals surface area contributed by atoms with Gasteiger partial charge in [0, 0.05) is 24.1 Å². The molecule has 0 radical (unpaired) electrons. The number of alkyl carbamates (subject to hydrolysis) is 1.